The first-order chi connectivity index (χ1) is 8.21. The number of nitrogens with two attached hydrogens (primary N) is 2. The second-order valence-electron chi connectivity index (χ2n) is 3.46. The van der Waals surface area contributed by atoms with Crippen LogP contribution in [0.1, 0.15) is 17.2 Å². The summed E-state index contributed by atoms with van der Waals surface area (Å²) in [5.74, 6) is -0.923. The molecule has 0 aliphatic carbocycles. The summed E-state index contributed by atoms with van der Waals surface area (Å²) in [6.07, 6.45) is -4.47. The van der Waals surface area contributed by atoms with Crippen LogP contribution in [0, 0.1) is 0 Å². The van der Waals surface area contributed by atoms with Gasteiger partial charge in [-0.1, -0.05) is 12.1 Å². The molecule has 0 aliphatic rings. The van der Waals surface area contributed by atoms with Gasteiger partial charge in [-0.25, -0.2) is 4.79 Å². The Bertz CT molecular complexity index is 456. The minimum atomic E-state index is -4.47. The first kappa shape index (κ1) is 13.8. The Morgan fingerprint density at radius 3 is 1.94 bits per heavy atom. The van der Waals surface area contributed by atoms with E-state index < -0.39 is 29.7 Å². The van der Waals surface area contributed by atoms with Gasteiger partial charge in [0.1, 0.15) is 6.04 Å². The molecule has 0 bridgehead atoms. The zero-order valence-electron chi connectivity index (χ0n) is 8.99. The summed E-state index contributed by atoms with van der Waals surface area (Å²) in [4.78, 5) is 21.7. The fourth-order valence-electron chi connectivity index (χ4n) is 1.33. The number of amides is 3. The molecule has 1 aromatic rings. The van der Waals surface area contributed by atoms with Gasteiger partial charge in [-0.2, -0.15) is 13.2 Å². The summed E-state index contributed by atoms with van der Waals surface area (Å²) in [5, 5.41) is 2.04. The quantitative estimate of drug-likeness (QED) is 0.753. The van der Waals surface area contributed by atoms with E-state index in [0.29, 0.717) is 0 Å². The first-order valence-corrected chi connectivity index (χ1v) is 4.74. The highest BCUT2D eigenvalue weighted by molar-refractivity contribution is 5.86. The molecule has 8 heteroatoms. The van der Waals surface area contributed by atoms with Crippen molar-refractivity contribution in [3.05, 3.63) is 35.4 Å². The molecular weight excluding hydrogens is 251 g/mol. The second kappa shape index (κ2) is 4.94. The molecule has 98 valence electrons. The van der Waals surface area contributed by atoms with Crippen molar-refractivity contribution in [1.82, 2.24) is 5.32 Å². The fourth-order valence-corrected chi connectivity index (χ4v) is 1.33. The first-order valence-electron chi connectivity index (χ1n) is 4.74. The third-order valence-electron chi connectivity index (χ3n) is 2.14. The smallest absolute Gasteiger partial charge is 0.368 e. The van der Waals surface area contributed by atoms with Crippen molar-refractivity contribution in [2.45, 2.75) is 12.2 Å². The largest absolute Gasteiger partial charge is 0.416 e. The van der Waals surface area contributed by atoms with Crippen molar-refractivity contribution in [2.75, 3.05) is 0 Å². The van der Waals surface area contributed by atoms with Crippen molar-refractivity contribution in [3.63, 3.8) is 0 Å². The molecule has 1 aromatic carbocycles. The molecule has 0 radical (unpaired) electrons. The SMILES string of the molecule is NC(=O)NC(C(N)=O)c1ccc(C(F)(F)F)cc1. The van der Waals surface area contributed by atoms with Crippen LogP contribution in [0.4, 0.5) is 18.0 Å². The number of hydrogen-bond acceptors (Lipinski definition) is 2. The molecule has 0 spiro atoms. The van der Waals surface area contributed by atoms with Gasteiger partial charge in [0.25, 0.3) is 0 Å². The summed E-state index contributed by atoms with van der Waals surface area (Å²) in [5.41, 5.74) is 9.09. The Kier molecular flexibility index (Phi) is 3.79. The number of carbonyl (C=O) groups is 2. The summed E-state index contributed by atoms with van der Waals surface area (Å²) in [6.45, 7) is 0. The Labute approximate surface area is 99.9 Å². The van der Waals surface area contributed by atoms with Crippen LogP contribution < -0.4 is 16.8 Å². The number of nitrogens with one attached hydrogen (secondary N) is 1. The van der Waals surface area contributed by atoms with E-state index in [-0.39, 0.29) is 5.56 Å². The molecule has 18 heavy (non-hydrogen) atoms. The molecule has 0 saturated heterocycles. The summed E-state index contributed by atoms with van der Waals surface area (Å²) in [6, 6.07) is 1.41. The number of hydrogen-bond donors (Lipinski definition) is 3. The van der Waals surface area contributed by atoms with Gasteiger partial charge in [-0.05, 0) is 17.7 Å². The van der Waals surface area contributed by atoms with Crippen LogP contribution in [-0.2, 0) is 11.0 Å². The van der Waals surface area contributed by atoms with Gasteiger partial charge >= 0.3 is 12.2 Å². The molecule has 0 fully saturated rings. The van der Waals surface area contributed by atoms with E-state index >= 15 is 0 Å². The predicted molar refractivity (Wildman–Crippen MR) is 56.1 cm³/mol. The standard InChI is InChI=1S/C10H10F3N3O2/c11-10(12,13)6-3-1-5(2-4-6)7(8(14)17)16-9(15)18/h1-4,7H,(H2,14,17)(H3,15,16,18). The summed E-state index contributed by atoms with van der Waals surface area (Å²) >= 11 is 0. The van der Waals surface area contributed by atoms with E-state index in [1.165, 1.54) is 0 Å². The van der Waals surface area contributed by atoms with Gasteiger partial charge in [0.2, 0.25) is 5.91 Å². The third-order valence-corrected chi connectivity index (χ3v) is 2.14. The molecule has 1 rings (SSSR count). The van der Waals surface area contributed by atoms with Gasteiger partial charge in [0.15, 0.2) is 0 Å². The Morgan fingerprint density at radius 2 is 1.61 bits per heavy atom. The number of alkyl halides is 3. The van der Waals surface area contributed by atoms with Crippen LogP contribution >= 0.6 is 0 Å². The second-order valence-corrected chi connectivity index (χ2v) is 3.46. The molecule has 0 saturated carbocycles. The minimum Gasteiger partial charge on any atom is -0.368 e. The maximum Gasteiger partial charge on any atom is 0.416 e. The minimum absolute atomic E-state index is 0.120. The van der Waals surface area contributed by atoms with Crippen LogP contribution in [0.15, 0.2) is 24.3 Å². The number of benzene rings is 1. The monoisotopic (exact) mass is 261 g/mol. The maximum atomic E-state index is 12.3. The fraction of sp³-hybridized carbons (Fsp3) is 0.200. The third kappa shape index (κ3) is 3.37. The lowest BCUT2D eigenvalue weighted by Gasteiger charge is -2.15. The van der Waals surface area contributed by atoms with Crippen molar-refractivity contribution in [1.29, 1.82) is 0 Å². The Balaban J connectivity index is 3.01. The Morgan fingerprint density at radius 1 is 1.11 bits per heavy atom. The molecular formula is C10H10F3N3O2. The number of rotatable bonds is 3. The maximum absolute atomic E-state index is 12.3. The van der Waals surface area contributed by atoms with Crippen LogP contribution in [0.3, 0.4) is 0 Å². The average Bonchev–Trinajstić information content (AvgIpc) is 2.24. The van der Waals surface area contributed by atoms with Crippen molar-refractivity contribution >= 4 is 11.9 Å². The van der Waals surface area contributed by atoms with Crippen LogP contribution in [0.2, 0.25) is 0 Å². The predicted octanol–water partition coefficient (Wildman–Crippen LogP) is 0.900. The molecule has 1 atom stereocenters. The van der Waals surface area contributed by atoms with E-state index in [1.54, 1.807) is 0 Å². The Hall–Kier alpha value is -2.25. The van der Waals surface area contributed by atoms with Gasteiger partial charge < -0.3 is 16.8 Å². The van der Waals surface area contributed by atoms with Gasteiger partial charge in [-0.3, -0.25) is 4.79 Å². The molecule has 1 unspecified atom stereocenters. The lowest BCUT2D eigenvalue weighted by Crippen LogP contribution is -2.40. The van der Waals surface area contributed by atoms with Gasteiger partial charge in [-0.15, -0.1) is 0 Å². The lowest BCUT2D eigenvalue weighted by atomic mass is 10.0. The number of primary amides is 2. The van der Waals surface area contributed by atoms with Crippen molar-refractivity contribution in [2.24, 2.45) is 11.5 Å². The molecule has 0 heterocycles. The van der Waals surface area contributed by atoms with Crippen LogP contribution in [0.25, 0.3) is 0 Å². The molecule has 0 aliphatic heterocycles. The highest BCUT2D eigenvalue weighted by Crippen LogP contribution is 2.29. The van der Waals surface area contributed by atoms with E-state index in [0.717, 1.165) is 24.3 Å². The molecule has 5 N–H and O–H groups in total. The number of carbonyl (C=O) groups excluding carboxylic acids is 2. The summed E-state index contributed by atoms with van der Waals surface area (Å²) in [7, 11) is 0. The number of urea groups is 1. The normalized spacial score (nSPS) is 12.8. The number of halogens is 3. The summed E-state index contributed by atoms with van der Waals surface area (Å²) < 4.78 is 36.9. The van der Waals surface area contributed by atoms with Crippen LogP contribution in [-0.4, -0.2) is 11.9 Å². The molecule has 3 amide bonds. The molecule has 0 aromatic heterocycles. The average molecular weight is 261 g/mol. The highest BCUT2D eigenvalue weighted by atomic mass is 19.4. The van der Waals surface area contributed by atoms with E-state index in [4.69, 9.17) is 11.5 Å². The lowest BCUT2D eigenvalue weighted by molar-refractivity contribution is -0.137. The van der Waals surface area contributed by atoms with Crippen LogP contribution in [0.5, 0.6) is 0 Å². The van der Waals surface area contributed by atoms with Gasteiger partial charge in [0, 0.05) is 0 Å². The van der Waals surface area contributed by atoms with Crippen molar-refractivity contribution in [3.8, 4) is 0 Å². The highest BCUT2D eigenvalue weighted by Gasteiger charge is 2.30. The molecule has 5 nitrogen and oxygen atoms in total. The topological polar surface area (TPSA) is 98.2 Å². The van der Waals surface area contributed by atoms with E-state index in [1.807, 2.05) is 5.32 Å². The van der Waals surface area contributed by atoms with E-state index in [2.05, 4.69) is 0 Å². The van der Waals surface area contributed by atoms with E-state index in [9.17, 15) is 22.8 Å². The zero-order chi connectivity index (χ0) is 13.9. The zero-order valence-corrected chi connectivity index (χ0v) is 8.99. The van der Waals surface area contributed by atoms with Crippen molar-refractivity contribution < 1.29 is 22.8 Å². The van der Waals surface area contributed by atoms with Gasteiger partial charge in [0.05, 0.1) is 5.56 Å².